The molecule has 2 amide bonds. The summed E-state index contributed by atoms with van der Waals surface area (Å²) in [6.07, 6.45) is 3.42. The van der Waals surface area contributed by atoms with Gasteiger partial charge < -0.3 is 10.2 Å². The zero-order valence-electron chi connectivity index (χ0n) is 10.8. The fourth-order valence-electron chi connectivity index (χ4n) is 2.52. The molecule has 1 unspecified atom stereocenters. The van der Waals surface area contributed by atoms with E-state index >= 15 is 0 Å². The van der Waals surface area contributed by atoms with E-state index in [-0.39, 0.29) is 17.7 Å². The Bertz CT molecular complexity index is 458. The minimum absolute atomic E-state index is 0.0294. The summed E-state index contributed by atoms with van der Waals surface area (Å²) < 4.78 is 0. The second-order valence-electron chi connectivity index (χ2n) is 5.32. The van der Waals surface area contributed by atoms with E-state index in [1.165, 1.54) is 4.88 Å². The summed E-state index contributed by atoms with van der Waals surface area (Å²) >= 11 is 1.70. The Labute approximate surface area is 116 Å². The van der Waals surface area contributed by atoms with Crippen LogP contribution in [0.1, 0.15) is 30.6 Å². The number of carbonyl (C=O) groups excluding carboxylic acids is 2. The van der Waals surface area contributed by atoms with Crippen LogP contribution >= 0.6 is 11.3 Å². The lowest BCUT2D eigenvalue weighted by Crippen LogP contribution is -2.45. The molecule has 0 spiro atoms. The molecule has 2 heterocycles. The quantitative estimate of drug-likeness (QED) is 0.912. The third-order valence-electron chi connectivity index (χ3n) is 3.79. The fourth-order valence-corrected chi connectivity index (χ4v) is 3.22. The van der Waals surface area contributed by atoms with Gasteiger partial charge in [-0.2, -0.15) is 0 Å². The third kappa shape index (κ3) is 2.97. The lowest BCUT2D eigenvalue weighted by molar-refractivity contribution is -0.138. The van der Waals surface area contributed by atoms with Crippen LogP contribution in [0.25, 0.3) is 0 Å². The van der Waals surface area contributed by atoms with Crippen LogP contribution in [0.4, 0.5) is 0 Å². The van der Waals surface area contributed by atoms with Gasteiger partial charge >= 0.3 is 0 Å². The van der Waals surface area contributed by atoms with Crippen molar-refractivity contribution in [2.24, 2.45) is 5.92 Å². The predicted octanol–water partition coefficient (Wildman–Crippen LogP) is 1.77. The Morgan fingerprint density at radius 3 is 2.84 bits per heavy atom. The maximum Gasteiger partial charge on any atom is 0.228 e. The SMILES string of the molecule is O=C1CCC(C(=O)N(Cc2cccs2)C2CC2)CN1. The highest BCUT2D eigenvalue weighted by atomic mass is 32.1. The molecule has 1 N–H and O–H groups in total. The van der Waals surface area contributed by atoms with Crippen LogP contribution in [0, 0.1) is 5.92 Å². The number of carbonyl (C=O) groups is 2. The van der Waals surface area contributed by atoms with Crippen LogP contribution in [0.15, 0.2) is 17.5 Å². The van der Waals surface area contributed by atoms with Gasteiger partial charge in [-0.1, -0.05) is 6.07 Å². The molecule has 1 saturated heterocycles. The maximum absolute atomic E-state index is 12.6. The minimum Gasteiger partial charge on any atom is -0.355 e. The smallest absolute Gasteiger partial charge is 0.228 e. The summed E-state index contributed by atoms with van der Waals surface area (Å²) in [7, 11) is 0. The first kappa shape index (κ1) is 12.7. The number of nitrogens with one attached hydrogen (secondary N) is 1. The summed E-state index contributed by atoms with van der Waals surface area (Å²) in [6.45, 7) is 1.23. The first-order chi connectivity index (χ1) is 9.24. The molecule has 2 fully saturated rings. The number of amides is 2. The first-order valence-corrected chi connectivity index (χ1v) is 7.71. The van der Waals surface area contributed by atoms with Crippen molar-refractivity contribution in [3.05, 3.63) is 22.4 Å². The average Bonchev–Trinajstić information content (AvgIpc) is 3.13. The van der Waals surface area contributed by atoms with Gasteiger partial charge in [0.25, 0.3) is 0 Å². The number of rotatable bonds is 4. The molecule has 1 saturated carbocycles. The fraction of sp³-hybridized carbons (Fsp3) is 0.571. The molecular weight excluding hydrogens is 260 g/mol. The maximum atomic E-state index is 12.6. The van der Waals surface area contributed by atoms with Crippen molar-refractivity contribution >= 4 is 23.2 Å². The van der Waals surface area contributed by atoms with Gasteiger partial charge in [-0.3, -0.25) is 9.59 Å². The molecule has 1 aliphatic heterocycles. The van der Waals surface area contributed by atoms with Gasteiger partial charge in [0.15, 0.2) is 0 Å². The van der Waals surface area contributed by atoms with E-state index in [1.54, 1.807) is 11.3 Å². The molecule has 1 aliphatic carbocycles. The standard InChI is InChI=1S/C14H18N2O2S/c17-13-6-3-10(8-15-13)14(18)16(11-4-5-11)9-12-2-1-7-19-12/h1-2,7,10-11H,3-6,8-9H2,(H,15,17). The Morgan fingerprint density at radius 1 is 1.42 bits per heavy atom. The van der Waals surface area contributed by atoms with Crippen LogP contribution in [0.2, 0.25) is 0 Å². The van der Waals surface area contributed by atoms with Gasteiger partial charge in [-0.05, 0) is 30.7 Å². The summed E-state index contributed by atoms with van der Waals surface area (Å²) in [4.78, 5) is 27.0. The van der Waals surface area contributed by atoms with Crippen LogP contribution < -0.4 is 5.32 Å². The van der Waals surface area contributed by atoms with E-state index in [9.17, 15) is 9.59 Å². The molecule has 102 valence electrons. The Hall–Kier alpha value is -1.36. The van der Waals surface area contributed by atoms with Crippen LogP contribution in [0.3, 0.4) is 0 Å². The van der Waals surface area contributed by atoms with Crippen molar-refractivity contribution in [1.82, 2.24) is 10.2 Å². The van der Waals surface area contributed by atoms with Gasteiger partial charge in [-0.15, -0.1) is 11.3 Å². The number of piperidine rings is 1. The highest BCUT2D eigenvalue weighted by Crippen LogP contribution is 2.31. The predicted molar refractivity (Wildman–Crippen MR) is 73.6 cm³/mol. The molecule has 1 aromatic heterocycles. The summed E-state index contributed by atoms with van der Waals surface area (Å²) in [5.41, 5.74) is 0. The van der Waals surface area contributed by atoms with Crippen molar-refractivity contribution in [2.45, 2.75) is 38.3 Å². The van der Waals surface area contributed by atoms with Crippen molar-refractivity contribution in [1.29, 1.82) is 0 Å². The lowest BCUT2D eigenvalue weighted by Gasteiger charge is -2.29. The van der Waals surface area contributed by atoms with Crippen molar-refractivity contribution in [3.63, 3.8) is 0 Å². The lowest BCUT2D eigenvalue weighted by atomic mass is 9.97. The van der Waals surface area contributed by atoms with Crippen molar-refractivity contribution in [3.8, 4) is 0 Å². The highest BCUT2D eigenvalue weighted by molar-refractivity contribution is 7.09. The normalized spacial score (nSPS) is 22.9. The Morgan fingerprint density at radius 2 is 2.26 bits per heavy atom. The second-order valence-corrected chi connectivity index (χ2v) is 6.35. The minimum atomic E-state index is -0.0294. The average molecular weight is 278 g/mol. The summed E-state index contributed by atoms with van der Waals surface area (Å²) in [6, 6.07) is 4.53. The van der Waals surface area contributed by atoms with Crippen LogP contribution in [-0.4, -0.2) is 29.3 Å². The van der Waals surface area contributed by atoms with Crippen molar-refractivity contribution in [2.75, 3.05) is 6.54 Å². The number of hydrogen-bond acceptors (Lipinski definition) is 3. The van der Waals surface area contributed by atoms with E-state index in [1.807, 2.05) is 16.3 Å². The van der Waals surface area contributed by atoms with E-state index in [4.69, 9.17) is 0 Å². The molecule has 2 aliphatic rings. The van der Waals surface area contributed by atoms with Crippen LogP contribution in [0.5, 0.6) is 0 Å². The summed E-state index contributed by atoms with van der Waals surface area (Å²) in [5.74, 6) is 0.259. The van der Waals surface area contributed by atoms with E-state index in [0.29, 0.717) is 25.4 Å². The van der Waals surface area contributed by atoms with Crippen LogP contribution in [-0.2, 0) is 16.1 Å². The zero-order valence-corrected chi connectivity index (χ0v) is 11.6. The van der Waals surface area contributed by atoms with Gasteiger partial charge in [0, 0.05) is 23.9 Å². The van der Waals surface area contributed by atoms with E-state index in [2.05, 4.69) is 11.4 Å². The first-order valence-electron chi connectivity index (χ1n) is 6.83. The molecule has 1 atom stereocenters. The van der Waals surface area contributed by atoms with Crippen molar-refractivity contribution < 1.29 is 9.59 Å². The Kier molecular flexibility index (Phi) is 3.55. The molecule has 4 nitrogen and oxygen atoms in total. The van der Waals surface area contributed by atoms with E-state index < -0.39 is 0 Å². The van der Waals surface area contributed by atoms with Gasteiger partial charge in [0.05, 0.1) is 12.5 Å². The molecule has 1 aromatic rings. The monoisotopic (exact) mass is 278 g/mol. The molecule has 0 aromatic carbocycles. The number of hydrogen-bond donors (Lipinski definition) is 1. The Balaban J connectivity index is 1.66. The molecule has 0 radical (unpaired) electrons. The molecule has 5 heteroatoms. The van der Waals surface area contributed by atoms with Gasteiger partial charge in [-0.25, -0.2) is 0 Å². The topological polar surface area (TPSA) is 49.4 Å². The second kappa shape index (κ2) is 5.33. The van der Waals surface area contributed by atoms with Gasteiger partial charge in [0.1, 0.15) is 0 Å². The molecule has 19 heavy (non-hydrogen) atoms. The third-order valence-corrected chi connectivity index (χ3v) is 4.65. The summed E-state index contributed by atoms with van der Waals surface area (Å²) in [5, 5.41) is 4.85. The largest absolute Gasteiger partial charge is 0.355 e. The molecular formula is C14H18N2O2S. The zero-order chi connectivity index (χ0) is 13.2. The van der Waals surface area contributed by atoms with E-state index in [0.717, 1.165) is 19.4 Å². The van der Waals surface area contributed by atoms with Gasteiger partial charge in [0.2, 0.25) is 11.8 Å². The molecule has 0 bridgehead atoms. The number of thiophene rings is 1. The highest BCUT2D eigenvalue weighted by Gasteiger charge is 2.37. The number of nitrogens with zero attached hydrogens (tertiary/aromatic N) is 1. The molecule has 3 rings (SSSR count).